The van der Waals surface area contributed by atoms with Gasteiger partial charge in [-0.15, -0.1) is 0 Å². The molecule has 4 nitrogen and oxygen atoms in total. The van der Waals surface area contributed by atoms with Crippen LogP contribution in [0.15, 0.2) is 83.9 Å². The third-order valence-corrected chi connectivity index (χ3v) is 5.14. The molecule has 9 heteroatoms. The van der Waals surface area contributed by atoms with Crippen LogP contribution in [0.5, 0.6) is 0 Å². The van der Waals surface area contributed by atoms with Crippen LogP contribution in [0.2, 0.25) is 0 Å². The largest absolute Gasteiger partial charge is 0.493 e. The first-order chi connectivity index (χ1) is 15.7. The van der Waals surface area contributed by atoms with Crippen LogP contribution in [0.1, 0.15) is 28.8 Å². The Kier molecular flexibility index (Phi) is 6.13. The predicted octanol–water partition coefficient (Wildman–Crippen LogP) is 5.72. The zero-order valence-corrected chi connectivity index (χ0v) is 17.0. The summed E-state index contributed by atoms with van der Waals surface area (Å²) in [4.78, 5) is 21.1. The summed E-state index contributed by atoms with van der Waals surface area (Å²) < 4.78 is 66.3. The number of rotatable bonds is 5. The summed E-state index contributed by atoms with van der Waals surface area (Å²) in [5.41, 5.74) is 1.49. The number of hydrogen-bond acceptors (Lipinski definition) is 4. The molecular weight excluding hydrogens is 443 g/mol. The maximum absolute atomic E-state index is 13.7. The highest BCUT2D eigenvalue weighted by molar-refractivity contribution is 5.88. The van der Waals surface area contributed by atoms with Gasteiger partial charge in [0.1, 0.15) is 17.9 Å². The molecule has 170 valence electrons. The van der Waals surface area contributed by atoms with Gasteiger partial charge in [-0.05, 0) is 28.8 Å². The normalized spacial score (nSPS) is 18.2. The Morgan fingerprint density at radius 1 is 0.879 bits per heavy atom. The summed E-state index contributed by atoms with van der Waals surface area (Å²) >= 11 is 0. The highest BCUT2D eigenvalue weighted by Gasteiger charge is 2.47. The molecule has 0 aromatic heterocycles. The fourth-order valence-electron chi connectivity index (χ4n) is 3.66. The predicted molar refractivity (Wildman–Crippen MR) is 110 cm³/mol. The highest BCUT2D eigenvalue weighted by atomic mass is 19.4. The van der Waals surface area contributed by atoms with Crippen LogP contribution in [-0.2, 0) is 16.1 Å². The molecule has 0 amide bonds. The molecule has 1 aliphatic rings. The van der Waals surface area contributed by atoms with Crippen molar-refractivity contribution in [1.82, 2.24) is 5.06 Å². The first-order valence-corrected chi connectivity index (χ1v) is 9.93. The van der Waals surface area contributed by atoms with Crippen molar-refractivity contribution in [3.63, 3.8) is 0 Å². The monoisotopic (exact) mass is 460 g/mol. The lowest BCUT2D eigenvalue weighted by molar-refractivity contribution is -0.230. The van der Waals surface area contributed by atoms with E-state index in [1.54, 1.807) is 60.7 Å². The van der Waals surface area contributed by atoms with Crippen molar-refractivity contribution >= 4 is 11.8 Å². The van der Waals surface area contributed by atoms with Crippen LogP contribution in [0.4, 0.5) is 22.0 Å². The second-order valence-electron chi connectivity index (χ2n) is 7.38. The minimum Gasteiger partial charge on any atom is -0.330 e. The Hall–Kier alpha value is -3.75. The Balaban J connectivity index is 1.79. The molecule has 0 spiro atoms. The maximum atomic E-state index is 13.7. The number of carbonyl (C=O) groups excluding carboxylic acids is 1. The zero-order valence-electron chi connectivity index (χ0n) is 17.0. The van der Waals surface area contributed by atoms with E-state index in [0.29, 0.717) is 11.1 Å². The first-order valence-electron chi connectivity index (χ1n) is 9.93. The summed E-state index contributed by atoms with van der Waals surface area (Å²) in [6.07, 6.45) is -5.42. The lowest BCUT2D eigenvalue weighted by Crippen LogP contribution is -2.39. The number of carbonyl (C=O) groups is 1. The van der Waals surface area contributed by atoms with Crippen molar-refractivity contribution in [1.29, 1.82) is 0 Å². The average Bonchev–Trinajstić information content (AvgIpc) is 3.14. The zero-order chi connectivity index (χ0) is 23.6. The van der Waals surface area contributed by atoms with Gasteiger partial charge in [-0.3, -0.25) is 4.99 Å². The number of hydroxylamine groups is 2. The molecule has 33 heavy (non-hydrogen) atoms. The molecule has 1 aliphatic heterocycles. The smallest absolute Gasteiger partial charge is 0.330 e. The fraction of sp³-hybridized carbons (Fsp3) is 0.167. The summed E-state index contributed by atoms with van der Waals surface area (Å²) in [5, 5.41) is 0.823. The summed E-state index contributed by atoms with van der Waals surface area (Å²) in [5.74, 6) is -4.60. The van der Waals surface area contributed by atoms with Crippen LogP contribution >= 0.6 is 0 Å². The lowest BCUT2D eigenvalue weighted by atomic mass is 9.94. The van der Waals surface area contributed by atoms with E-state index in [4.69, 9.17) is 4.84 Å². The molecule has 2 unspecified atom stereocenters. The van der Waals surface area contributed by atoms with Crippen molar-refractivity contribution in [2.75, 3.05) is 0 Å². The molecule has 0 radical (unpaired) electrons. The van der Waals surface area contributed by atoms with Gasteiger partial charge in [-0.2, -0.15) is 18.2 Å². The fourth-order valence-corrected chi connectivity index (χ4v) is 3.66. The van der Waals surface area contributed by atoms with E-state index < -0.39 is 35.9 Å². The van der Waals surface area contributed by atoms with E-state index in [2.05, 4.69) is 4.99 Å². The van der Waals surface area contributed by atoms with Gasteiger partial charge >= 0.3 is 12.1 Å². The molecule has 0 aliphatic carbocycles. The van der Waals surface area contributed by atoms with Crippen molar-refractivity contribution in [2.24, 2.45) is 4.99 Å². The van der Waals surface area contributed by atoms with Gasteiger partial charge in [0.2, 0.25) is 0 Å². The SMILES string of the molecule is O=C(ON1C(Cc2ccc(F)c(F)c2)=NC(c2ccccc2)C1c1ccccc1)C(F)(F)F. The standard InChI is InChI=1S/C24H17F5N2O2/c25-18-12-11-15(13-19(18)26)14-20-30-21(16-7-3-1-4-8-16)22(17-9-5-2-6-10-17)31(20)33-23(32)24(27,28)29/h1-13,21-22H,14H2. The number of amidine groups is 1. The third-order valence-electron chi connectivity index (χ3n) is 5.14. The molecule has 4 rings (SSSR count). The number of nitrogens with zero attached hydrogens (tertiary/aromatic N) is 2. The van der Waals surface area contributed by atoms with Crippen LogP contribution in [0.3, 0.4) is 0 Å². The summed E-state index contributed by atoms with van der Waals surface area (Å²) in [6.45, 7) is 0. The molecule has 3 aromatic carbocycles. The number of halogens is 5. The molecule has 3 aromatic rings. The number of aliphatic imine (C=N–C) groups is 1. The minimum atomic E-state index is -5.24. The Labute approximate surface area is 185 Å². The highest BCUT2D eigenvalue weighted by Crippen LogP contribution is 2.43. The Bertz CT molecular complexity index is 1170. The third kappa shape index (κ3) is 4.87. The van der Waals surface area contributed by atoms with Gasteiger partial charge in [0, 0.05) is 6.42 Å². The van der Waals surface area contributed by atoms with Crippen molar-refractivity contribution < 1.29 is 31.6 Å². The van der Waals surface area contributed by atoms with Crippen LogP contribution in [0.25, 0.3) is 0 Å². The van der Waals surface area contributed by atoms with Crippen LogP contribution < -0.4 is 0 Å². The van der Waals surface area contributed by atoms with Gasteiger partial charge < -0.3 is 4.84 Å². The molecular formula is C24H17F5N2O2. The Morgan fingerprint density at radius 2 is 1.48 bits per heavy atom. The second kappa shape index (κ2) is 9.01. The average molecular weight is 460 g/mol. The van der Waals surface area contributed by atoms with E-state index in [9.17, 15) is 26.7 Å². The molecule has 0 fully saturated rings. The quantitative estimate of drug-likeness (QED) is 0.457. The van der Waals surface area contributed by atoms with Crippen molar-refractivity contribution in [3.8, 4) is 0 Å². The summed E-state index contributed by atoms with van der Waals surface area (Å²) in [7, 11) is 0. The molecule has 0 saturated carbocycles. The van der Waals surface area contributed by atoms with Gasteiger partial charge in [0.25, 0.3) is 0 Å². The van der Waals surface area contributed by atoms with Crippen molar-refractivity contribution in [3.05, 3.63) is 107 Å². The van der Waals surface area contributed by atoms with Crippen LogP contribution in [0, 0.1) is 11.6 Å². The molecule has 0 bridgehead atoms. The molecule has 0 saturated heterocycles. The molecule has 2 atom stereocenters. The minimum absolute atomic E-state index is 0.0266. The van der Waals surface area contributed by atoms with E-state index in [-0.39, 0.29) is 17.8 Å². The van der Waals surface area contributed by atoms with E-state index >= 15 is 0 Å². The maximum Gasteiger partial charge on any atom is 0.493 e. The lowest BCUT2D eigenvalue weighted by Gasteiger charge is -2.29. The summed E-state index contributed by atoms with van der Waals surface area (Å²) in [6, 6.07) is 18.8. The van der Waals surface area contributed by atoms with Gasteiger partial charge in [0.15, 0.2) is 11.6 Å². The number of alkyl halides is 3. The molecule has 0 N–H and O–H groups in total. The van der Waals surface area contributed by atoms with Crippen LogP contribution in [-0.4, -0.2) is 23.0 Å². The van der Waals surface area contributed by atoms with Gasteiger partial charge in [-0.25, -0.2) is 13.6 Å². The Morgan fingerprint density at radius 3 is 2.06 bits per heavy atom. The number of benzene rings is 3. The first kappa shape index (κ1) is 22.4. The van der Waals surface area contributed by atoms with Crippen molar-refractivity contribution in [2.45, 2.75) is 24.7 Å². The van der Waals surface area contributed by atoms with E-state index in [1.165, 1.54) is 6.07 Å². The number of hydrogen-bond donors (Lipinski definition) is 0. The second-order valence-corrected chi connectivity index (χ2v) is 7.38. The topological polar surface area (TPSA) is 41.9 Å². The van der Waals surface area contributed by atoms with Gasteiger partial charge in [-0.1, -0.05) is 66.7 Å². The molecule has 1 heterocycles. The van der Waals surface area contributed by atoms with E-state index in [0.717, 1.165) is 17.2 Å². The van der Waals surface area contributed by atoms with Gasteiger partial charge in [0.05, 0.1) is 0 Å². The van der Waals surface area contributed by atoms with E-state index in [1.807, 2.05) is 0 Å².